The van der Waals surface area contributed by atoms with Crippen LogP contribution in [0.5, 0.6) is 0 Å². The zero-order valence-electron chi connectivity index (χ0n) is 11.5. The van der Waals surface area contributed by atoms with Crippen LogP contribution < -0.4 is 9.80 Å². The molecule has 0 N–H and O–H groups in total. The molecule has 0 spiro atoms. The summed E-state index contributed by atoms with van der Waals surface area (Å²) in [6.45, 7) is -0.315. The monoisotopic (exact) mass is 316 g/mol. The van der Waals surface area contributed by atoms with Gasteiger partial charge in [-0.3, -0.25) is 4.79 Å². The van der Waals surface area contributed by atoms with E-state index >= 15 is 0 Å². The van der Waals surface area contributed by atoms with Gasteiger partial charge < -0.3 is 9.80 Å². The minimum Gasteiger partial charge on any atom is -0.363 e. The Kier molecular flexibility index (Phi) is 3.55. The average molecular weight is 316 g/mol. The lowest BCUT2D eigenvalue weighted by Crippen LogP contribution is -2.27. The molecule has 0 unspecified atom stereocenters. The number of alkyl halides is 2. The van der Waals surface area contributed by atoms with Crippen LogP contribution in [0.2, 0.25) is 0 Å². The van der Waals surface area contributed by atoms with Gasteiger partial charge in [-0.05, 0) is 6.07 Å². The first-order chi connectivity index (χ1) is 9.87. The van der Waals surface area contributed by atoms with Crippen molar-refractivity contribution in [2.75, 3.05) is 35.7 Å². The van der Waals surface area contributed by atoms with Gasteiger partial charge in [0.1, 0.15) is 5.82 Å². The predicted octanol–water partition coefficient (Wildman–Crippen LogP) is 3.13. The number of fused-ring (bicyclic) bond motifs is 1. The van der Waals surface area contributed by atoms with Gasteiger partial charge in [-0.25, -0.2) is 13.2 Å². The second-order valence-corrected chi connectivity index (χ2v) is 6.49. The van der Waals surface area contributed by atoms with Crippen LogP contribution in [0.25, 0.3) is 0 Å². The summed E-state index contributed by atoms with van der Waals surface area (Å²) in [4.78, 5) is 15.4. The molecular formula is C14H15F3N2OS. The molecule has 0 radical (unpaired) electrons. The molecule has 1 saturated heterocycles. The number of hydrogen-bond acceptors (Lipinski definition) is 3. The van der Waals surface area contributed by atoms with Crippen LogP contribution in [-0.2, 0) is 4.79 Å². The van der Waals surface area contributed by atoms with E-state index in [0.717, 1.165) is 4.90 Å². The fourth-order valence-electron chi connectivity index (χ4n) is 2.64. The summed E-state index contributed by atoms with van der Waals surface area (Å²) >= 11 is 1.46. The third-order valence-corrected chi connectivity index (χ3v) is 4.89. The van der Waals surface area contributed by atoms with Crippen molar-refractivity contribution in [3.8, 4) is 0 Å². The lowest BCUT2D eigenvalue weighted by Gasteiger charge is -2.23. The van der Waals surface area contributed by atoms with Gasteiger partial charge in [0.15, 0.2) is 0 Å². The van der Waals surface area contributed by atoms with Crippen molar-refractivity contribution in [2.45, 2.75) is 23.7 Å². The van der Waals surface area contributed by atoms with Crippen molar-refractivity contribution < 1.29 is 18.0 Å². The van der Waals surface area contributed by atoms with Crippen molar-refractivity contribution in [1.29, 1.82) is 0 Å². The van der Waals surface area contributed by atoms with Crippen LogP contribution >= 0.6 is 11.8 Å². The molecule has 1 fully saturated rings. The Labute approximate surface area is 125 Å². The Morgan fingerprint density at radius 1 is 1.29 bits per heavy atom. The van der Waals surface area contributed by atoms with Crippen LogP contribution in [0.15, 0.2) is 17.0 Å². The van der Waals surface area contributed by atoms with E-state index in [1.165, 1.54) is 27.6 Å². The summed E-state index contributed by atoms with van der Waals surface area (Å²) in [5.41, 5.74) is 0.705. The first kappa shape index (κ1) is 14.6. The number of rotatable bonds is 1. The number of amides is 1. The normalized spacial score (nSPS) is 21.4. The Morgan fingerprint density at radius 3 is 2.71 bits per heavy atom. The fourth-order valence-corrected chi connectivity index (χ4v) is 3.68. The van der Waals surface area contributed by atoms with Gasteiger partial charge in [0.25, 0.3) is 5.92 Å². The van der Waals surface area contributed by atoms with Gasteiger partial charge in [0.05, 0.1) is 17.9 Å². The van der Waals surface area contributed by atoms with Crippen LogP contribution in [0, 0.1) is 5.82 Å². The summed E-state index contributed by atoms with van der Waals surface area (Å²) in [6, 6.07) is 2.86. The zero-order chi connectivity index (χ0) is 15.2. The first-order valence-electron chi connectivity index (χ1n) is 6.73. The van der Waals surface area contributed by atoms with E-state index < -0.39 is 18.3 Å². The summed E-state index contributed by atoms with van der Waals surface area (Å²) < 4.78 is 40.9. The highest BCUT2D eigenvalue weighted by Gasteiger charge is 2.39. The largest absolute Gasteiger partial charge is 0.363 e. The van der Waals surface area contributed by atoms with E-state index in [1.807, 2.05) is 0 Å². The third kappa shape index (κ3) is 2.71. The maximum Gasteiger partial charge on any atom is 0.266 e. The second-order valence-electron chi connectivity index (χ2n) is 5.35. The minimum absolute atomic E-state index is 0.0684. The molecule has 3 rings (SSSR count). The van der Waals surface area contributed by atoms with Gasteiger partial charge in [-0.2, -0.15) is 0 Å². The van der Waals surface area contributed by atoms with Gasteiger partial charge >= 0.3 is 0 Å². The number of nitrogens with zero attached hydrogens (tertiary/aromatic N) is 2. The van der Waals surface area contributed by atoms with E-state index in [2.05, 4.69) is 0 Å². The number of carbonyl (C=O) groups excluding carboxylic acids is 1. The number of halogens is 3. The van der Waals surface area contributed by atoms with Crippen molar-refractivity contribution >= 4 is 29.0 Å². The molecule has 2 heterocycles. The third-order valence-electron chi connectivity index (χ3n) is 3.85. The number of benzene rings is 1. The first-order valence-corrected chi connectivity index (χ1v) is 7.72. The summed E-state index contributed by atoms with van der Waals surface area (Å²) in [6.07, 6.45) is 0.129. The highest BCUT2D eigenvalue weighted by Crippen LogP contribution is 2.40. The number of anilines is 2. The SMILES string of the molecule is CN1C(=O)CCSc2cc(N3CCC(F)(F)C3)c(F)cc21. The van der Waals surface area contributed by atoms with Crippen LogP contribution in [-0.4, -0.2) is 37.7 Å². The van der Waals surface area contributed by atoms with E-state index in [4.69, 9.17) is 0 Å². The van der Waals surface area contributed by atoms with Crippen molar-refractivity contribution in [1.82, 2.24) is 0 Å². The molecule has 0 saturated carbocycles. The van der Waals surface area contributed by atoms with Crippen molar-refractivity contribution in [2.24, 2.45) is 0 Å². The molecule has 7 heteroatoms. The lowest BCUT2D eigenvalue weighted by molar-refractivity contribution is -0.117. The quantitative estimate of drug-likeness (QED) is 0.795. The van der Waals surface area contributed by atoms with Crippen molar-refractivity contribution in [3.05, 3.63) is 17.9 Å². The molecule has 114 valence electrons. The Hall–Kier alpha value is -1.37. The molecular weight excluding hydrogens is 301 g/mol. The average Bonchev–Trinajstić information content (AvgIpc) is 2.72. The molecule has 3 nitrogen and oxygen atoms in total. The minimum atomic E-state index is -2.76. The van der Waals surface area contributed by atoms with E-state index in [-0.39, 0.29) is 24.6 Å². The van der Waals surface area contributed by atoms with Gasteiger partial charge in [-0.15, -0.1) is 11.8 Å². The Balaban J connectivity index is 1.98. The topological polar surface area (TPSA) is 23.6 Å². The van der Waals surface area contributed by atoms with Crippen LogP contribution in [0.1, 0.15) is 12.8 Å². The summed E-state index contributed by atoms with van der Waals surface area (Å²) in [5, 5.41) is 0. The number of hydrogen-bond donors (Lipinski definition) is 0. The lowest BCUT2D eigenvalue weighted by atomic mass is 10.2. The molecule has 2 aliphatic heterocycles. The molecule has 0 aromatic heterocycles. The number of carbonyl (C=O) groups is 1. The van der Waals surface area contributed by atoms with Crippen LogP contribution in [0.3, 0.4) is 0 Å². The molecule has 1 amide bonds. The molecule has 1 aromatic carbocycles. The Morgan fingerprint density at radius 2 is 2.05 bits per heavy atom. The van der Waals surface area contributed by atoms with Crippen molar-refractivity contribution in [3.63, 3.8) is 0 Å². The van der Waals surface area contributed by atoms with E-state index in [1.54, 1.807) is 13.1 Å². The molecule has 0 aliphatic carbocycles. The maximum absolute atomic E-state index is 14.3. The molecule has 0 bridgehead atoms. The Bertz CT molecular complexity index is 594. The molecule has 0 atom stereocenters. The molecule has 2 aliphatic rings. The second kappa shape index (κ2) is 5.12. The van der Waals surface area contributed by atoms with E-state index in [0.29, 0.717) is 17.9 Å². The summed E-state index contributed by atoms with van der Waals surface area (Å²) in [7, 11) is 1.61. The smallest absolute Gasteiger partial charge is 0.266 e. The van der Waals surface area contributed by atoms with E-state index in [9.17, 15) is 18.0 Å². The standard InChI is InChI=1S/C14H15F3N2OS/c1-18-11-6-9(15)10(19-4-3-14(16,17)8-19)7-12(11)21-5-2-13(18)20/h6-7H,2-5,8H2,1H3. The van der Waals surface area contributed by atoms with Gasteiger partial charge in [0.2, 0.25) is 5.91 Å². The predicted molar refractivity (Wildman–Crippen MR) is 76.9 cm³/mol. The van der Waals surface area contributed by atoms with Crippen LogP contribution in [0.4, 0.5) is 24.5 Å². The number of thioether (sulfide) groups is 1. The van der Waals surface area contributed by atoms with Gasteiger partial charge in [-0.1, -0.05) is 0 Å². The maximum atomic E-state index is 14.3. The molecule has 1 aromatic rings. The fraction of sp³-hybridized carbons (Fsp3) is 0.500. The highest BCUT2D eigenvalue weighted by molar-refractivity contribution is 7.99. The zero-order valence-corrected chi connectivity index (χ0v) is 12.4. The highest BCUT2D eigenvalue weighted by atomic mass is 32.2. The molecule has 21 heavy (non-hydrogen) atoms. The summed E-state index contributed by atoms with van der Waals surface area (Å²) in [5.74, 6) is -2.79. The van der Waals surface area contributed by atoms with Gasteiger partial charge in [0, 0.05) is 43.1 Å².